The Morgan fingerprint density at radius 2 is 2.06 bits per heavy atom. The second-order valence-electron chi connectivity index (χ2n) is 4.18. The summed E-state index contributed by atoms with van der Waals surface area (Å²) in [6.45, 7) is 4.19. The molecular formula is C13H14FNS. The van der Waals surface area contributed by atoms with Gasteiger partial charge in [-0.2, -0.15) is 12.6 Å². The van der Waals surface area contributed by atoms with Crippen molar-refractivity contribution in [2.75, 3.05) is 0 Å². The van der Waals surface area contributed by atoms with Crippen LogP contribution in [-0.2, 0) is 5.75 Å². The molecule has 0 amide bonds. The lowest BCUT2D eigenvalue weighted by Crippen LogP contribution is -1.96. The molecule has 2 rings (SSSR count). The minimum absolute atomic E-state index is 0.227. The van der Waals surface area contributed by atoms with E-state index in [0.29, 0.717) is 11.7 Å². The molecule has 0 aliphatic heterocycles. The van der Waals surface area contributed by atoms with Crippen LogP contribution < -0.4 is 0 Å². The van der Waals surface area contributed by atoms with Gasteiger partial charge in [0.2, 0.25) is 0 Å². The van der Waals surface area contributed by atoms with Crippen molar-refractivity contribution in [1.29, 1.82) is 0 Å². The number of hydrogen-bond acceptors (Lipinski definition) is 2. The molecule has 0 spiro atoms. The summed E-state index contributed by atoms with van der Waals surface area (Å²) < 4.78 is 13.2. The Labute approximate surface area is 100 Å². The summed E-state index contributed by atoms with van der Waals surface area (Å²) in [5.41, 5.74) is 2.91. The van der Waals surface area contributed by atoms with Gasteiger partial charge >= 0.3 is 0 Å². The number of rotatable bonds is 2. The van der Waals surface area contributed by atoms with Crippen LogP contribution in [0.15, 0.2) is 24.3 Å². The van der Waals surface area contributed by atoms with Gasteiger partial charge in [-0.05, 0) is 35.7 Å². The van der Waals surface area contributed by atoms with E-state index >= 15 is 0 Å². The summed E-state index contributed by atoms with van der Waals surface area (Å²) in [5, 5.41) is 0.861. The molecule has 0 saturated carbocycles. The predicted molar refractivity (Wildman–Crippen MR) is 68.5 cm³/mol. The van der Waals surface area contributed by atoms with E-state index in [1.54, 1.807) is 6.07 Å². The van der Waals surface area contributed by atoms with Crippen LogP contribution in [0.2, 0.25) is 0 Å². The third-order valence-electron chi connectivity index (χ3n) is 2.64. The first-order valence-corrected chi connectivity index (χ1v) is 5.95. The molecule has 0 aliphatic rings. The lowest BCUT2D eigenvalue weighted by Gasteiger charge is -2.10. The van der Waals surface area contributed by atoms with Crippen LogP contribution in [0, 0.1) is 5.82 Å². The Balaban J connectivity index is 2.73. The zero-order chi connectivity index (χ0) is 11.7. The highest BCUT2D eigenvalue weighted by Crippen LogP contribution is 2.24. The van der Waals surface area contributed by atoms with Gasteiger partial charge in [0.15, 0.2) is 0 Å². The zero-order valence-electron chi connectivity index (χ0n) is 9.37. The summed E-state index contributed by atoms with van der Waals surface area (Å²) in [6.07, 6.45) is 0. The summed E-state index contributed by atoms with van der Waals surface area (Å²) in [6, 6.07) is 6.71. The fourth-order valence-electron chi connectivity index (χ4n) is 1.72. The van der Waals surface area contributed by atoms with E-state index in [1.807, 2.05) is 6.07 Å². The number of pyridine rings is 1. The molecule has 1 aromatic heterocycles. The van der Waals surface area contributed by atoms with Crippen LogP contribution in [0.3, 0.4) is 0 Å². The predicted octanol–water partition coefficient (Wildman–Crippen LogP) is 3.93. The molecular weight excluding hydrogens is 221 g/mol. The highest BCUT2D eigenvalue weighted by atomic mass is 32.1. The average Bonchev–Trinajstić information content (AvgIpc) is 2.27. The van der Waals surface area contributed by atoms with Gasteiger partial charge in [0.25, 0.3) is 0 Å². The largest absolute Gasteiger partial charge is 0.253 e. The first kappa shape index (κ1) is 11.4. The smallest absolute Gasteiger partial charge is 0.123 e. The first-order valence-electron chi connectivity index (χ1n) is 5.31. The third kappa shape index (κ3) is 2.05. The second kappa shape index (κ2) is 4.42. The normalized spacial score (nSPS) is 11.3. The minimum atomic E-state index is -0.227. The van der Waals surface area contributed by atoms with E-state index in [9.17, 15) is 4.39 Å². The van der Waals surface area contributed by atoms with Gasteiger partial charge in [-0.25, -0.2) is 4.39 Å². The van der Waals surface area contributed by atoms with E-state index in [0.717, 1.165) is 22.2 Å². The molecule has 0 aliphatic carbocycles. The lowest BCUT2D eigenvalue weighted by atomic mass is 10.0. The molecule has 3 heteroatoms. The van der Waals surface area contributed by atoms with Gasteiger partial charge in [-0.15, -0.1) is 0 Å². The standard InChI is InChI=1S/C13H14FNS/c1-8(2)13-5-9(7-16)11-6-10(14)3-4-12(11)15-13/h3-6,8,16H,7H2,1-2H3. The quantitative estimate of drug-likeness (QED) is 0.778. The van der Waals surface area contributed by atoms with E-state index in [4.69, 9.17) is 0 Å². The summed E-state index contributed by atoms with van der Waals surface area (Å²) in [5.74, 6) is 0.741. The molecule has 0 fully saturated rings. The number of thiol groups is 1. The summed E-state index contributed by atoms with van der Waals surface area (Å²) in [4.78, 5) is 4.52. The summed E-state index contributed by atoms with van der Waals surface area (Å²) in [7, 11) is 0. The maximum absolute atomic E-state index is 13.2. The van der Waals surface area contributed by atoms with Crippen LogP contribution >= 0.6 is 12.6 Å². The van der Waals surface area contributed by atoms with Gasteiger partial charge in [-0.3, -0.25) is 4.98 Å². The fraction of sp³-hybridized carbons (Fsp3) is 0.308. The van der Waals surface area contributed by atoms with Crippen LogP contribution in [0.4, 0.5) is 4.39 Å². The van der Waals surface area contributed by atoms with E-state index in [-0.39, 0.29) is 5.82 Å². The van der Waals surface area contributed by atoms with Crippen LogP contribution in [0.1, 0.15) is 31.0 Å². The van der Waals surface area contributed by atoms with Gasteiger partial charge in [-0.1, -0.05) is 13.8 Å². The topological polar surface area (TPSA) is 12.9 Å². The Hall–Kier alpha value is -1.09. The highest BCUT2D eigenvalue weighted by Gasteiger charge is 2.08. The van der Waals surface area contributed by atoms with Crippen molar-refractivity contribution in [3.63, 3.8) is 0 Å². The SMILES string of the molecule is CC(C)c1cc(CS)c2cc(F)ccc2n1. The Kier molecular flexibility index (Phi) is 3.15. The van der Waals surface area contributed by atoms with Crippen molar-refractivity contribution < 1.29 is 4.39 Å². The van der Waals surface area contributed by atoms with E-state index in [2.05, 4.69) is 31.5 Å². The molecule has 0 unspecified atom stereocenters. The van der Waals surface area contributed by atoms with Crippen LogP contribution in [0.25, 0.3) is 10.9 Å². The van der Waals surface area contributed by atoms with Crippen molar-refractivity contribution >= 4 is 23.5 Å². The summed E-state index contributed by atoms with van der Waals surface area (Å²) >= 11 is 4.29. The maximum atomic E-state index is 13.2. The van der Waals surface area contributed by atoms with Crippen molar-refractivity contribution in [2.24, 2.45) is 0 Å². The van der Waals surface area contributed by atoms with Crippen LogP contribution in [-0.4, -0.2) is 4.98 Å². The average molecular weight is 235 g/mol. The molecule has 1 aromatic carbocycles. The molecule has 84 valence electrons. The van der Waals surface area contributed by atoms with E-state index < -0.39 is 0 Å². The molecule has 1 heterocycles. The lowest BCUT2D eigenvalue weighted by molar-refractivity contribution is 0.629. The van der Waals surface area contributed by atoms with Crippen LogP contribution in [0.5, 0.6) is 0 Å². The van der Waals surface area contributed by atoms with Crippen molar-refractivity contribution in [2.45, 2.75) is 25.5 Å². The molecule has 16 heavy (non-hydrogen) atoms. The van der Waals surface area contributed by atoms with Crippen molar-refractivity contribution in [1.82, 2.24) is 4.98 Å². The molecule has 0 atom stereocenters. The fourth-order valence-corrected chi connectivity index (χ4v) is 1.98. The second-order valence-corrected chi connectivity index (χ2v) is 4.50. The van der Waals surface area contributed by atoms with Gasteiger partial charge in [0, 0.05) is 16.8 Å². The highest BCUT2D eigenvalue weighted by molar-refractivity contribution is 7.79. The molecule has 0 N–H and O–H groups in total. The van der Waals surface area contributed by atoms with E-state index in [1.165, 1.54) is 12.1 Å². The number of fused-ring (bicyclic) bond motifs is 1. The number of aromatic nitrogens is 1. The number of nitrogens with zero attached hydrogens (tertiary/aromatic N) is 1. The first-order chi connectivity index (χ1) is 7.61. The molecule has 0 bridgehead atoms. The maximum Gasteiger partial charge on any atom is 0.123 e. The van der Waals surface area contributed by atoms with Crippen molar-refractivity contribution in [3.8, 4) is 0 Å². The van der Waals surface area contributed by atoms with Gasteiger partial charge in [0.1, 0.15) is 5.82 Å². The number of halogens is 1. The molecule has 2 aromatic rings. The minimum Gasteiger partial charge on any atom is -0.253 e. The Bertz CT molecular complexity index is 523. The third-order valence-corrected chi connectivity index (χ3v) is 2.98. The molecule has 0 saturated heterocycles. The Morgan fingerprint density at radius 1 is 1.31 bits per heavy atom. The monoisotopic (exact) mass is 235 g/mol. The van der Waals surface area contributed by atoms with Crippen molar-refractivity contribution in [3.05, 3.63) is 41.3 Å². The Morgan fingerprint density at radius 3 is 2.69 bits per heavy atom. The van der Waals surface area contributed by atoms with Gasteiger partial charge < -0.3 is 0 Å². The zero-order valence-corrected chi connectivity index (χ0v) is 10.3. The van der Waals surface area contributed by atoms with Gasteiger partial charge in [0.05, 0.1) is 5.52 Å². The molecule has 1 nitrogen and oxygen atoms in total. The number of hydrogen-bond donors (Lipinski definition) is 1. The molecule has 0 radical (unpaired) electrons. The number of benzene rings is 1.